The molecule has 0 amide bonds. The molecule has 5 heteroatoms. The van der Waals surface area contributed by atoms with Gasteiger partial charge in [-0.1, -0.05) is 107 Å². The van der Waals surface area contributed by atoms with Crippen molar-refractivity contribution < 1.29 is 0 Å². The lowest BCUT2D eigenvalue weighted by Crippen LogP contribution is -2.33. The average Bonchev–Trinajstić information content (AvgIpc) is 3.20. The van der Waals surface area contributed by atoms with Crippen molar-refractivity contribution in [3.05, 3.63) is 156 Å². The van der Waals surface area contributed by atoms with E-state index in [1.807, 2.05) is 91.3 Å². The van der Waals surface area contributed by atoms with Crippen molar-refractivity contribution >= 4 is 0 Å². The summed E-state index contributed by atoms with van der Waals surface area (Å²) in [5.41, 5.74) is 12.9. The second-order valence-electron chi connectivity index (χ2n) is 15.0. The van der Waals surface area contributed by atoms with E-state index in [0.717, 1.165) is 50.9 Å². The quantitative estimate of drug-likeness (QED) is 0.176. The van der Waals surface area contributed by atoms with Crippen molar-refractivity contribution in [1.29, 1.82) is 5.26 Å². The van der Waals surface area contributed by atoms with Gasteiger partial charge in [0.15, 0.2) is 17.5 Å². The summed E-state index contributed by atoms with van der Waals surface area (Å²) >= 11 is 0. The van der Waals surface area contributed by atoms with Gasteiger partial charge in [0, 0.05) is 29.1 Å². The van der Waals surface area contributed by atoms with Gasteiger partial charge in [0.05, 0.1) is 11.6 Å². The van der Waals surface area contributed by atoms with Gasteiger partial charge in [-0.25, -0.2) is 15.0 Å². The van der Waals surface area contributed by atoms with E-state index in [2.05, 4.69) is 87.3 Å². The number of fused-ring (bicyclic) bond motifs is 1. The van der Waals surface area contributed by atoms with Gasteiger partial charge in [-0.2, -0.15) is 5.26 Å². The lowest BCUT2D eigenvalue weighted by Gasteiger charge is -2.42. The molecule has 0 radical (unpaired) electrons. The Bertz CT molecular complexity index is 2460. The van der Waals surface area contributed by atoms with Crippen LogP contribution in [0.25, 0.3) is 67.5 Å². The zero-order valence-corrected chi connectivity index (χ0v) is 29.9. The Morgan fingerprint density at radius 2 is 0.942 bits per heavy atom. The van der Waals surface area contributed by atoms with E-state index < -0.39 is 0 Å². The van der Waals surface area contributed by atoms with E-state index in [4.69, 9.17) is 15.0 Å². The highest BCUT2D eigenvalue weighted by atomic mass is 15.0. The van der Waals surface area contributed by atoms with Gasteiger partial charge < -0.3 is 0 Å². The van der Waals surface area contributed by atoms with Gasteiger partial charge >= 0.3 is 0 Å². The normalized spacial score (nSPS) is 14.3. The minimum atomic E-state index is 0.0897. The summed E-state index contributed by atoms with van der Waals surface area (Å²) in [6, 6.07) is 45.9. The van der Waals surface area contributed by atoms with Crippen LogP contribution in [0.4, 0.5) is 0 Å². The maximum Gasteiger partial charge on any atom is 0.164 e. The van der Waals surface area contributed by atoms with Crippen LogP contribution in [0.1, 0.15) is 57.2 Å². The predicted molar refractivity (Wildman–Crippen MR) is 210 cm³/mol. The van der Waals surface area contributed by atoms with Gasteiger partial charge in [0.2, 0.25) is 0 Å². The number of benzene rings is 5. The number of hydrogen-bond donors (Lipinski definition) is 0. The summed E-state index contributed by atoms with van der Waals surface area (Å²) < 4.78 is 0. The number of hydrogen-bond acceptors (Lipinski definition) is 5. The summed E-state index contributed by atoms with van der Waals surface area (Å²) in [6.07, 6.45) is 6.00. The molecule has 0 saturated carbocycles. The molecule has 0 bridgehead atoms. The Morgan fingerprint density at radius 3 is 1.63 bits per heavy atom. The third-order valence-electron chi connectivity index (χ3n) is 10.5. The molecule has 52 heavy (non-hydrogen) atoms. The van der Waals surface area contributed by atoms with Crippen LogP contribution in [-0.2, 0) is 10.8 Å². The maximum atomic E-state index is 9.31. The summed E-state index contributed by atoms with van der Waals surface area (Å²) in [4.78, 5) is 19.6. The molecule has 1 aliphatic carbocycles. The SMILES string of the molecule is CC1(C)CCC(C)(C)c2cc(-c3cc(-c4ccncc4)cc(-c4nc(-c5ccccc5)nc(-c5cccc(-c6ccc(C#N)cc6)c5)n4)c3)ccc21. The van der Waals surface area contributed by atoms with Crippen molar-refractivity contribution in [2.24, 2.45) is 0 Å². The molecular weight excluding hydrogens is 635 g/mol. The number of aromatic nitrogens is 4. The van der Waals surface area contributed by atoms with Crippen molar-refractivity contribution in [3.63, 3.8) is 0 Å². The van der Waals surface area contributed by atoms with E-state index in [1.165, 1.54) is 23.1 Å². The van der Waals surface area contributed by atoms with Crippen molar-refractivity contribution in [3.8, 4) is 73.6 Å². The minimum Gasteiger partial charge on any atom is -0.265 e. The van der Waals surface area contributed by atoms with Crippen LogP contribution in [0.2, 0.25) is 0 Å². The van der Waals surface area contributed by atoms with Gasteiger partial charge in [0.25, 0.3) is 0 Å². The van der Waals surface area contributed by atoms with Gasteiger partial charge in [-0.3, -0.25) is 4.98 Å². The molecule has 0 fully saturated rings. The molecule has 0 unspecified atom stereocenters. The van der Waals surface area contributed by atoms with Crippen LogP contribution < -0.4 is 0 Å². The number of pyridine rings is 1. The van der Waals surface area contributed by atoms with Gasteiger partial charge in [-0.15, -0.1) is 0 Å². The first kappa shape index (κ1) is 32.9. The van der Waals surface area contributed by atoms with Gasteiger partial charge in [-0.05, 0) is 117 Å². The Balaban J connectivity index is 1.31. The highest BCUT2D eigenvalue weighted by molar-refractivity contribution is 5.81. The van der Waals surface area contributed by atoms with E-state index in [-0.39, 0.29) is 10.8 Å². The first-order valence-electron chi connectivity index (χ1n) is 17.8. The van der Waals surface area contributed by atoms with Gasteiger partial charge in [0.1, 0.15) is 0 Å². The number of nitriles is 1. The first-order valence-corrected chi connectivity index (χ1v) is 17.8. The largest absolute Gasteiger partial charge is 0.265 e. The molecule has 2 heterocycles. The molecule has 0 spiro atoms. The zero-order valence-electron chi connectivity index (χ0n) is 29.9. The second-order valence-corrected chi connectivity index (χ2v) is 15.0. The molecule has 8 rings (SSSR count). The Labute approximate surface area is 305 Å². The fourth-order valence-electron chi connectivity index (χ4n) is 7.33. The van der Waals surface area contributed by atoms with Crippen LogP contribution in [0, 0.1) is 11.3 Å². The highest BCUT2D eigenvalue weighted by Crippen LogP contribution is 2.47. The molecule has 5 aromatic carbocycles. The summed E-state index contributed by atoms with van der Waals surface area (Å²) in [5, 5.41) is 9.31. The van der Waals surface area contributed by atoms with Crippen molar-refractivity contribution in [2.45, 2.75) is 51.4 Å². The summed E-state index contributed by atoms with van der Waals surface area (Å²) in [6.45, 7) is 9.48. The van der Waals surface area contributed by atoms with E-state index in [1.54, 1.807) is 0 Å². The molecule has 252 valence electrons. The molecule has 7 aromatic rings. The molecule has 0 aliphatic heterocycles. The third kappa shape index (κ3) is 6.40. The lowest BCUT2D eigenvalue weighted by molar-refractivity contribution is 0.332. The molecule has 2 aromatic heterocycles. The lowest BCUT2D eigenvalue weighted by atomic mass is 9.63. The third-order valence-corrected chi connectivity index (χ3v) is 10.5. The second kappa shape index (κ2) is 13.1. The smallest absolute Gasteiger partial charge is 0.164 e. The predicted octanol–water partition coefficient (Wildman–Crippen LogP) is 11.5. The van der Waals surface area contributed by atoms with Crippen LogP contribution in [-0.4, -0.2) is 19.9 Å². The Hall–Kier alpha value is -6.25. The first-order chi connectivity index (χ1) is 25.2. The molecule has 0 saturated heterocycles. The van der Waals surface area contributed by atoms with Crippen LogP contribution in [0.5, 0.6) is 0 Å². The fraction of sp³-hybridized carbons (Fsp3) is 0.170. The molecule has 1 aliphatic rings. The van der Waals surface area contributed by atoms with Crippen LogP contribution in [0.3, 0.4) is 0 Å². The summed E-state index contributed by atoms with van der Waals surface area (Å²) in [7, 11) is 0. The molecule has 0 N–H and O–H groups in total. The van der Waals surface area contributed by atoms with E-state index >= 15 is 0 Å². The van der Waals surface area contributed by atoms with E-state index in [0.29, 0.717) is 23.0 Å². The zero-order chi connectivity index (χ0) is 35.9. The summed E-state index contributed by atoms with van der Waals surface area (Å²) in [5.74, 6) is 1.80. The van der Waals surface area contributed by atoms with Crippen LogP contribution in [0.15, 0.2) is 140 Å². The fourth-order valence-corrected chi connectivity index (χ4v) is 7.33. The molecule has 0 atom stereocenters. The standard InChI is InChI=1S/C47H39N5/c1-46(2)21-22-47(3,4)42-29-36(17-18-41(42)46)39-26-38(33-19-23-49-24-20-33)27-40(28-39)45-51-43(34-9-6-5-7-10-34)50-44(52-45)37-12-8-11-35(25-37)32-15-13-31(30-48)14-16-32/h5-20,23-29H,21-22H2,1-4H3. The maximum absolute atomic E-state index is 9.31. The minimum absolute atomic E-state index is 0.0897. The van der Waals surface area contributed by atoms with Crippen molar-refractivity contribution in [1.82, 2.24) is 19.9 Å². The number of nitrogens with zero attached hydrogens (tertiary/aromatic N) is 5. The molecular formula is C47H39N5. The number of rotatable bonds is 6. The highest BCUT2D eigenvalue weighted by Gasteiger charge is 2.37. The Morgan fingerprint density at radius 1 is 0.442 bits per heavy atom. The Kier molecular flexibility index (Phi) is 8.32. The monoisotopic (exact) mass is 673 g/mol. The van der Waals surface area contributed by atoms with E-state index in [9.17, 15) is 5.26 Å². The average molecular weight is 674 g/mol. The van der Waals surface area contributed by atoms with Crippen molar-refractivity contribution in [2.75, 3.05) is 0 Å². The van der Waals surface area contributed by atoms with Crippen LogP contribution >= 0.6 is 0 Å². The topological polar surface area (TPSA) is 75.3 Å². The molecule has 5 nitrogen and oxygen atoms in total.